The average molecular weight is 440 g/mol. The molecule has 3 aromatic rings. The van der Waals surface area contributed by atoms with E-state index in [1.807, 2.05) is 36.5 Å². The minimum absolute atomic E-state index is 0.309. The molecule has 0 aliphatic carbocycles. The van der Waals surface area contributed by atoms with Crippen LogP contribution in [0, 0.1) is 0 Å². The van der Waals surface area contributed by atoms with Gasteiger partial charge in [0, 0.05) is 55.5 Å². The smallest absolute Gasteiger partial charge is 0.157 e. The summed E-state index contributed by atoms with van der Waals surface area (Å²) in [6, 6.07) is 10.2. The molecule has 1 aliphatic rings. The molecule has 1 fully saturated rings. The second-order valence-corrected chi connectivity index (χ2v) is 8.25. The lowest BCUT2D eigenvalue weighted by Crippen LogP contribution is -2.38. The van der Waals surface area contributed by atoms with Crippen LogP contribution in [0.25, 0.3) is 16.7 Å². The second kappa shape index (κ2) is 10.7. The van der Waals surface area contributed by atoms with Crippen LogP contribution in [0.1, 0.15) is 27.2 Å². The summed E-state index contributed by atoms with van der Waals surface area (Å²) in [5.41, 5.74) is 0.825. The van der Waals surface area contributed by atoms with E-state index in [9.17, 15) is 0 Å². The molecule has 0 saturated carbocycles. The Morgan fingerprint density at radius 2 is 1.94 bits per heavy atom. The van der Waals surface area contributed by atoms with Crippen LogP contribution in [0.4, 0.5) is 5.82 Å². The lowest BCUT2D eigenvalue weighted by molar-refractivity contribution is 0.0322. The second-order valence-electron chi connectivity index (χ2n) is 8.25. The van der Waals surface area contributed by atoms with E-state index in [0.717, 1.165) is 67.5 Å². The number of pyridine rings is 1. The van der Waals surface area contributed by atoms with Crippen molar-refractivity contribution in [3.8, 4) is 17.3 Å². The zero-order valence-electron chi connectivity index (χ0n) is 19.2. The first-order chi connectivity index (χ1) is 15.6. The molecule has 0 unspecified atom stereocenters. The highest BCUT2D eigenvalue weighted by Crippen LogP contribution is 2.30. The fraction of sp³-hybridized carbons (Fsp3) is 0.500. The van der Waals surface area contributed by atoms with Gasteiger partial charge in [0.15, 0.2) is 5.82 Å². The number of anilines is 1. The molecule has 1 N–H and O–H groups in total. The van der Waals surface area contributed by atoms with Crippen LogP contribution < -0.4 is 14.8 Å². The molecule has 0 radical (unpaired) electrons. The Morgan fingerprint density at radius 3 is 2.72 bits per heavy atom. The molecule has 0 atom stereocenters. The third-order valence-electron chi connectivity index (χ3n) is 5.23. The molecular formula is C24H33N5O3. The maximum atomic E-state index is 6.05. The third-order valence-corrected chi connectivity index (χ3v) is 5.23. The quantitative estimate of drug-likeness (QED) is 0.516. The Hall–Kier alpha value is -2.84. The van der Waals surface area contributed by atoms with Crippen LogP contribution in [-0.2, 0) is 4.74 Å². The first kappa shape index (κ1) is 22.4. The summed E-state index contributed by atoms with van der Waals surface area (Å²) in [4.78, 5) is 7.21. The van der Waals surface area contributed by atoms with Crippen LogP contribution in [0.15, 0.2) is 36.5 Å². The normalized spacial score (nSPS) is 14.8. The van der Waals surface area contributed by atoms with Crippen molar-refractivity contribution < 1.29 is 14.2 Å². The van der Waals surface area contributed by atoms with Gasteiger partial charge >= 0.3 is 0 Å². The van der Waals surface area contributed by atoms with Crippen molar-refractivity contribution in [1.82, 2.24) is 19.7 Å². The highest BCUT2D eigenvalue weighted by Gasteiger charge is 2.13. The predicted octanol–water partition coefficient (Wildman–Crippen LogP) is 3.74. The predicted molar refractivity (Wildman–Crippen MR) is 126 cm³/mol. The average Bonchev–Trinajstić information content (AvgIpc) is 3.25. The molecule has 2 aromatic heterocycles. The summed E-state index contributed by atoms with van der Waals surface area (Å²) in [5.74, 6) is 3.14. The molecular weight excluding hydrogens is 406 g/mol. The molecule has 32 heavy (non-hydrogen) atoms. The monoisotopic (exact) mass is 439 g/mol. The van der Waals surface area contributed by atoms with Crippen molar-refractivity contribution in [1.29, 1.82) is 0 Å². The SMILES string of the molecule is CCCOc1cc(-n2ccc(NC(C)C)n2)nc2cc(OCCN3CCOCC3)ccc12. The highest BCUT2D eigenvalue weighted by atomic mass is 16.5. The van der Waals surface area contributed by atoms with Crippen LogP contribution in [0.3, 0.4) is 0 Å². The van der Waals surface area contributed by atoms with E-state index < -0.39 is 0 Å². The minimum Gasteiger partial charge on any atom is -0.493 e. The minimum atomic E-state index is 0.309. The van der Waals surface area contributed by atoms with Crippen LogP contribution in [-0.4, -0.2) is 71.8 Å². The molecule has 1 aliphatic heterocycles. The molecule has 0 spiro atoms. The summed E-state index contributed by atoms with van der Waals surface area (Å²) >= 11 is 0. The zero-order chi connectivity index (χ0) is 22.3. The van der Waals surface area contributed by atoms with Gasteiger partial charge in [0.25, 0.3) is 0 Å². The van der Waals surface area contributed by atoms with Crippen LogP contribution in [0.5, 0.6) is 11.5 Å². The lowest BCUT2D eigenvalue weighted by atomic mass is 10.2. The molecule has 0 amide bonds. The number of aromatic nitrogens is 3. The third kappa shape index (κ3) is 5.69. The molecule has 8 nitrogen and oxygen atoms in total. The number of benzene rings is 1. The maximum absolute atomic E-state index is 6.05. The number of fused-ring (bicyclic) bond motifs is 1. The number of nitrogens with one attached hydrogen (secondary N) is 1. The first-order valence-corrected chi connectivity index (χ1v) is 11.5. The highest BCUT2D eigenvalue weighted by molar-refractivity contribution is 5.87. The van der Waals surface area contributed by atoms with E-state index >= 15 is 0 Å². The number of morpholine rings is 1. The van der Waals surface area contributed by atoms with Crippen molar-refractivity contribution in [3.63, 3.8) is 0 Å². The van der Waals surface area contributed by atoms with Gasteiger partial charge < -0.3 is 19.5 Å². The van der Waals surface area contributed by atoms with Crippen LogP contribution >= 0.6 is 0 Å². The Morgan fingerprint density at radius 1 is 1.09 bits per heavy atom. The van der Waals surface area contributed by atoms with Gasteiger partial charge in [-0.05, 0) is 32.4 Å². The fourth-order valence-electron chi connectivity index (χ4n) is 3.64. The van der Waals surface area contributed by atoms with Gasteiger partial charge in [0.1, 0.15) is 23.9 Å². The molecule has 3 heterocycles. The molecule has 1 saturated heterocycles. The van der Waals surface area contributed by atoms with Crippen molar-refractivity contribution in [2.24, 2.45) is 0 Å². The number of hydrogen-bond acceptors (Lipinski definition) is 7. The standard InChI is InChI=1S/C24H33N5O3/c1-4-12-32-22-17-24(29-8-7-23(27-29)25-18(2)3)26-21-16-19(5-6-20(21)22)31-15-11-28-9-13-30-14-10-28/h5-8,16-18H,4,9-15H2,1-3H3,(H,25,27). The molecule has 8 heteroatoms. The van der Waals surface area contributed by atoms with Gasteiger partial charge in [-0.3, -0.25) is 4.90 Å². The fourth-order valence-corrected chi connectivity index (χ4v) is 3.64. The Labute approximate surface area is 189 Å². The van der Waals surface area contributed by atoms with Crippen molar-refractivity contribution >= 4 is 16.7 Å². The lowest BCUT2D eigenvalue weighted by Gasteiger charge is -2.26. The van der Waals surface area contributed by atoms with E-state index in [0.29, 0.717) is 25.1 Å². The van der Waals surface area contributed by atoms with E-state index in [1.54, 1.807) is 4.68 Å². The summed E-state index contributed by atoms with van der Waals surface area (Å²) in [6.45, 7) is 12.0. The Bertz CT molecular complexity index is 1010. The van der Waals surface area contributed by atoms with Gasteiger partial charge in [-0.2, -0.15) is 0 Å². The molecule has 172 valence electrons. The molecule has 0 bridgehead atoms. The number of rotatable bonds is 10. The van der Waals surface area contributed by atoms with Gasteiger partial charge in [-0.15, -0.1) is 5.10 Å². The van der Waals surface area contributed by atoms with E-state index in [-0.39, 0.29) is 0 Å². The summed E-state index contributed by atoms with van der Waals surface area (Å²) < 4.78 is 19.3. The van der Waals surface area contributed by atoms with Gasteiger partial charge in [0.05, 0.1) is 25.3 Å². The van der Waals surface area contributed by atoms with E-state index in [1.165, 1.54) is 0 Å². The number of hydrogen-bond donors (Lipinski definition) is 1. The number of ether oxygens (including phenoxy) is 3. The Kier molecular flexibility index (Phi) is 7.44. The molecule has 4 rings (SSSR count). The maximum Gasteiger partial charge on any atom is 0.157 e. The summed E-state index contributed by atoms with van der Waals surface area (Å²) in [6.07, 6.45) is 2.84. The van der Waals surface area contributed by atoms with Gasteiger partial charge in [-0.25, -0.2) is 9.67 Å². The molecule has 1 aromatic carbocycles. The largest absolute Gasteiger partial charge is 0.493 e. The van der Waals surface area contributed by atoms with Crippen molar-refractivity contribution in [2.45, 2.75) is 33.2 Å². The Balaban J connectivity index is 1.56. The summed E-state index contributed by atoms with van der Waals surface area (Å²) in [7, 11) is 0. The van der Waals surface area contributed by atoms with Gasteiger partial charge in [-0.1, -0.05) is 6.92 Å². The van der Waals surface area contributed by atoms with E-state index in [4.69, 9.17) is 19.2 Å². The van der Waals surface area contributed by atoms with E-state index in [2.05, 4.69) is 36.1 Å². The van der Waals surface area contributed by atoms with Crippen LogP contribution in [0.2, 0.25) is 0 Å². The van der Waals surface area contributed by atoms with Crippen molar-refractivity contribution in [3.05, 3.63) is 36.5 Å². The topological polar surface area (TPSA) is 73.7 Å². The summed E-state index contributed by atoms with van der Waals surface area (Å²) in [5, 5.41) is 8.90. The van der Waals surface area contributed by atoms with Crippen molar-refractivity contribution in [2.75, 3.05) is 51.4 Å². The number of nitrogens with zero attached hydrogens (tertiary/aromatic N) is 4. The zero-order valence-corrected chi connectivity index (χ0v) is 19.2. The van der Waals surface area contributed by atoms with Gasteiger partial charge in [0.2, 0.25) is 0 Å². The first-order valence-electron chi connectivity index (χ1n) is 11.5.